The molecule has 1 aromatic heterocycles. The van der Waals surface area contributed by atoms with Gasteiger partial charge in [-0.2, -0.15) is 0 Å². The molecule has 0 amide bonds. The van der Waals surface area contributed by atoms with Crippen LogP contribution in [0, 0.1) is 6.92 Å². The predicted octanol–water partition coefficient (Wildman–Crippen LogP) is 3.37. The number of nitrogens with one attached hydrogen (secondary N) is 1. The molecule has 0 bridgehead atoms. The summed E-state index contributed by atoms with van der Waals surface area (Å²) in [5.74, 6) is 1.03. The Morgan fingerprint density at radius 3 is 2.53 bits per heavy atom. The summed E-state index contributed by atoms with van der Waals surface area (Å²) in [5, 5.41) is 3.38. The average Bonchev–Trinajstić information content (AvgIpc) is 2.59. The molecule has 1 N–H and O–H groups in total. The molecule has 3 heteroatoms. The van der Waals surface area contributed by atoms with Crippen molar-refractivity contribution in [2.24, 2.45) is 0 Å². The SMILES string of the molecule is CCCNc1nc(C)cn1C(CC)CC. The van der Waals surface area contributed by atoms with Gasteiger partial charge in [-0.3, -0.25) is 0 Å². The molecule has 0 aliphatic rings. The van der Waals surface area contributed by atoms with Crippen LogP contribution in [0.4, 0.5) is 5.95 Å². The Morgan fingerprint density at radius 2 is 2.00 bits per heavy atom. The zero-order valence-corrected chi connectivity index (χ0v) is 10.4. The summed E-state index contributed by atoms with van der Waals surface area (Å²) in [6, 6.07) is 0.575. The normalized spacial score (nSPS) is 11.0. The van der Waals surface area contributed by atoms with Gasteiger partial charge in [0.1, 0.15) is 0 Å². The first-order valence-electron chi connectivity index (χ1n) is 6.02. The van der Waals surface area contributed by atoms with Gasteiger partial charge in [0.15, 0.2) is 0 Å². The van der Waals surface area contributed by atoms with Gasteiger partial charge in [0.2, 0.25) is 5.95 Å². The summed E-state index contributed by atoms with van der Waals surface area (Å²) >= 11 is 0. The van der Waals surface area contributed by atoms with Gasteiger partial charge >= 0.3 is 0 Å². The maximum atomic E-state index is 4.52. The van der Waals surface area contributed by atoms with Crippen molar-refractivity contribution in [2.75, 3.05) is 11.9 Å². The van der Waals surface area contributed by atoms with Crippen LogP contribution in [0.15, 0.2) is 6.20 Å². The Balaban J connectivity index is 2.84. The molecule has 0 aliphatic carbocycles. The fraction of sp³-hybridized carbons (Fsp3) is 0.750. The van der Waals surface area contributed by atoms with Crippen LogP contribution in [0.2, 0.25) is 0 Å². The summed E-state index contributed by atoms with van der Waals surface area (Å²) in [5.41, 5.74) is 1.10. The van der Waals surface area contributed by atoms with Crippen LogP contribution < -0.4 is 5.32 Å². The van der Waals surface area contributed by atoms with Gasteiger partial charge in [-0.15, -0.1) is 0 Å². The minimum absolute atomic E-state index is 0.575. The molecule has 0 saturated carbocycles. The van der Waals surface area contributed by atoms with Crippen molar-refractivity contribution >= 4 is 5.95 Å². The van der Waals surface area contributed by atoms with Crippen LogP contribution in [-0.2, 0) is 0 Å². The second kappa shape index (κ2) is 5.79. The van der Waals surface area contributed by atoms with E-state index in [1.807, 2.05) is 0 Å². The molecule has 0 radical (unpaired) electrons. The Labute approximate surface area is 92.9 Å². The molecule has 15 heavy (non-hydrogen) atoms. The maximum absolute atomic E-state index is 4.52. The Kier molecular flexibility index (Phi) is 4.66. The van der Waals surface area contributed by atoms with Crippen LogP contribution in [0.25, 0.3) is 0 Å². The molecule has 0 unspecified atom stereocenters. The third-order valence-corrected chi connectivity index (χ3v) is 2.72. The quantitative estimate of drug-likeness (QED) is 0.778. The fourth-order valence-electron chi connectivity index (χ4n) is 1.84. The van der Waals surface area contributed by atoms with Crippen molar-refractivity contribution in [2.45, 2.75) is 53.0 Å². The molecular weight excluding hydrogens is 186 g/mol. The van der Waals surface area contributed by atoms with E-state index in [1.54, 1.807) is 0 Å². The van der Waals surface area contributed by atoms with Crippen LogP contribution in [0.5, 0.6) is 0 Å². The molecule has 86 valence electrons. The topological polar surface area (TPSA) is 29.9 Å². The second-order valence-corrected chi connectivity index (χ2v) is 4.01. The molecule has 3 nitrogen and oxygen atoms in total. The third-order valence-electron chi connectivity index (χ3n) is 2.72. The van der Waals surface area contributed by atoms with E-state index in [1.165, 1.54) is 0 Å². The van der Waals surface area contributed by atoms with E-state index in [0.29, 0.717) is 6.04 Å². The molecular formula is C12H23N3. The first-order chi connectivity index (χ1) is 7.22. The lowest BCUT2D eigenvalue weighted by Crippen LogP contribution is -2.12. The molecule has 1 aromatic rings. The number of nitrogens with zero attached hydrogens (tertiary/aromatic N) is 2. The zero-order valence-electron chi connectivity index (χ0n) is 10.4. The van der Waals surface area contributed by atoms with E-state index >= 15 is 0 Å². The van der Waals surface area contributed by atoms with Crippen LogP contribution in [0.3, 0.4) is 0 Å². The fourth-order valence-corrected chi connectivity index (χ4v) is 1.84. The largest absolute Gasteiger partial charge is 0.356 e. The third kappa shape index (κ3) is 2.98. The minimum Gasteiger partial charge on any atom is -0.356 e. The van der Waals surface area contributed by atoms with E-state index in [-0.39, 0.29) is 0 Å². The lowest BCUT2D eigenvalue weighted by molar-refractivity contribution is 0.475. The molecule has 0 aromatic carbocycles. The maximum Gasteiger partial charge on any atom is 0.203 e. The number of hydrogen-bond donors (Lipinski definition) is 1. The van der Waals surface area contributed by atoms with Gasteiger partial charge < -0.3 is 9.88 Å². The Hall–Kier alpha value is -0.990. The van der Waals surface area contributed by atoms with Gasteiger partial charge in [-0.05, 0) is 26.2 Å². The highest BCUT2D eigenvalue weighted by Gasteiger charge is 2.11. The van der Waals surface area contributed by atoms with E-state index in [2.05, 4.69) is 48.8 Å². The van der Waals surface area contributed by atoms with Crippen LogP contribution >= 0.6 is 0 Å². The standard InChI is InChI=1S/C12H23N3/c1-5-8-13-12-14-10(4)9-15(12)11(6-2)7-3/h9,11H,5-8H2,1-4H3,(H,13,14). The Morgan fingerprint density at radius 1 is 1.33 bits per heavy atom. The number of imidazole rings is 1. The summed E-state index contributed by atoms with van der Waals surface area (Å²) in [6.07, 6.45) is 5.60. The van der Waals surface area contributed by atoms with Crippen molar-refractivity contribution < 1.29 is 0 Å². The molecule has 1 heterocycles. The van der Waals surface area contributed by atoms with Gasteiger partial charge in [0.05, 0.1) is 5.69 Å². The van der Waals surface area contributed by atoms with E-state index in [0.717, 1.165) is 37.4 Å². The van der Waals surface area contributed by atoms with Gasteiger partial charge in [0.25, 0.3) is 0 Å². The Bertz CT molecular complexity index is 287. The van der Waals surface area contributed by atoms with Gasteiger partial charge in [-0.1, -0.05) is 20.8 Å². The highest BCUT2D eigenvalue weighted by Crippen LogP contribution is 2.21. The van der Waals surface area contributed by atoms with Gasteiger partial charge in [-0.25, -0.2) is 4.98 Å². The van der Waals surface area contributed by atoms with Crippen molar-refractivity contribution in [3.8, 4) is 0 Å². The average molecular weight is 209 g/mol. The van der Waals surface area contributed by atoms with E-state index in [9.17, 15) is 0 Å². The van der Waals surface area contributed by atoms with Crippen LogP contribution in [0.1, 0.15) is 51.8 Å². The van der Waals surface area contributed by atoms with Crippen molar-refractivity contribution in [3.05, 3.63) is 11.9 Å². The summed E-state index contributed by atoms with van der Waals surface area (Å²) in [6.45, 7) is 9.68. The van der Waals surface area contributed by atoms with Gasteiger partial charge in [0, 0.05) is 18.8 Å². The summed E-state index contributed by atoms with van der Waals surface area (Å²) < 4.78 is 2.28. The number of aryl methyl sites for hydroxylation is 1. The number of anilines is 1. The second-order valence-electron chi connectivity index (χ2n) is 4.01. The molecule has 0 spiro atoms. The van der Waals surface area contributed by atoms with E-state index in [4.69, 9.17) is 0 Å². The summed E-state index contributed by atoms with van der Waals surface area (Å²) in [7, 11) is 0. The minimum atomic E-state index is 0.575. The molecule has 1 rings (SSSR count). The first kappa shape index (κ1) is 12.1. The highest BCUT2D eigenvalue weighted by molar-refractivity contribution is 5.29. The van der Waals surface area contributed by atoms with Crippen LogP contribution in [-0.4, -0.2) is 16.1 Å². The smallest absolute Gasteiger partial charge is 0.203 e. The number of rotatable bonds is 6. The highest BCUT2D eigenvalue weighted by atomic mass is 15.2. The lowest BCUT2D eigenvalue weighted by atomic mass is 10.2. The number of aromatic nitrogens is 2. The first-order valence-corrected chi connectivity index (χ1v) is 6.02. The predicted molar refractivity (Wildman–Crippen MR) is 65.4 cm³/mol. The number of hydrogen-bond acceptors (Lipinski definition) is 2. The monoisotopic (exact) mass is 209 g/mol. The van der Waals surface area contributed by atoms with Crippen molar-refractivity contribution in [1.29, 1.82) is 0 Å². The molecule has 0 fully saturated rings. The molecule has 0 atom stereocenters. The molecule has 0 saturated heterocycles. The molecule has 0 aliphatic heterocycles. The summed E-state index contributed by atoms with van der Waals surface area (Å²) in [4.78, 5) is 4.52. The van der Waals surface area contributed by atoms with Crippen molar-refractivity contribution in [1.82, 2.24) is 9.55 Å². The van der Waals surface area contributed by atoms with Crippen molar-refractivity contribution in [3.63, 3.8) is 0 Å². The lowest BCUT2D eigenvalue weighted by Gasteiger charge is -2.17. The van der Waals surface area contributed by atoms with E-state index < -0.39 is 0 Å². The zero-order chi connectivity index (χ0) is 11.3.